The minimum absolute atomic E-state index is 0.264. The Balaban J connectivity index is 0.000000185. The number of hydrogen-bond donors (Lipinski definition) is 3. The highest BCUT2D eigenvalue weighted by Gasteiger charge is 2.10. The minimum Gasteiger partial charge on any atom is -0.494 e. The van der Waals surface area contributed by atoms with Crippen molar-refractivity contribution in [3.63, 3.8) is 0 Å². The summed E-state index contributed by atoms with van der Waals surface area (Å²) in [6.07, 6.45) is 0. The van der Waals surface area contributed by atoms with Crippen LogP contribution in [0.15, 0.2) is 109 Å². The molecule has 0 atom stereocenters. The Labute approximate surface area is 272 Å². The fourth-order valence-corrected chi connectivity index (χ4v) is 4.71. The van der Waals surface area contributed by atoms with Crippen LogP contribution in [0, 0.1) is 0 Å². The highest BCUT2D eigenvalue weighted by Crippen LogP contribution is 2.27. The lowest BCUT2D eigenvalue weighted by Crippen LogP contribution is -2.00. The van der Waals surface area contributed by atoms with E-state index >= 15 is 0 Å². The lowest BCUT2D eigenvalue weighted by molar-refractivity contribution is 0.0599. The van der Waals surface area contributed by atoms with Crippen LogP contribution >= 0.6 is 0 Å². The van der Waals surface area contributed by atoms with Crippen LogP contribution in [0.25, 0.3) is 45.0 Å². The van der Waals surface area contributed by atoms with Crippen molar-refractivity contribution < 1.29 is 28.9 Å². The van der Waals surface area contributed by atoms with Gasteiger partial charge in [0, 0.05) is 11.1 Å². The zero-order valence-electron chi connectivity index (χ0n) is 26.2. The van der Waals surface area contributed by atoms with Crippen molar-refractivity contribution in [2.45, 2.75) is 13.8 Å². The standard InChI is InChI=1S/C19H18N2O3.C18H16N2O3/c1-3-24-16-10-8-14(9-11-16)18-12-17(20-21-18)13-4-6-15(7-5-13)19(22)23-2;1-2-23-15-9-7-13(8-10-15)17-11-16(19-20-17)12-3-5-14(6-4-12)18(21)22/h4-12H,3H2,1-2H3,(H,20,21);3-11H,2H2,1H3,(H,19,20)(H,21,22). The van der Waals surface area contributed by atoms with E-state index in [-0.39, 0.29) is 11.5 Å². The number of carbonyl (C=O) groups excluding carboxylic acids is 1. The summed E-state index contributed by atoms with van der Waals surface area (Å²) in [4.78, 5) is 22.4. The summed E-state index contributed by atoms with van der Waals surface area (Å²) in [6, 6.07) is 33.3. The Bertz CT molecular complexity index is 1910. The maximum absolute atomic E-state index is 11.5. The summed E-state index contributed by atoms with van der Waals surface area (Å²) < 4.78 is 15.6. The predicted molar refractivity (Wildman–Crippen MR) is 180 cm³/mol. The Morgan fingerprint density at radius 3 is 1.34 bits per heavy atom. The number of methoxy groups -OCH3 is 1. The van der Waals surface area contributed by atoms with Crippen LogP contribution < -0.4 is 9.47 Å². The molecule has 238 valence electrons. The number of carboxylic acids is 1. The number of H-pyrrole nitrogens is 2. The van der Waals surface area contributed by atoms with Gasteiger partial charge in [0.05, 0.1) is 54.2 Å². The summed E-state index contributed by atoms with van der Waals surface area (Å²) >= 11 is 0. The molecule has 6 aromatic rings. The maximum Gasteiger partial charge on any atom is 0.337 e. The summed E-state index contributed by atoms with van der Waals surface area (Å²) in [6.45, 7) is 5.19. The number of carbonyl (C=O) groups is 2. The SMILES string of the molecule is CCOc1ccc(-c2cc(-c3ccc(C(=O)O)cc3)[nH]n2)cc1.CCOc1ccc(-c2cc(-c3ccc(C(=O)OC)cc3)[nH]n2)cc1. The Kier molecular flexibility index (Phi) is 10.4. The van der Waals surface area contributed by atoms with Gasteiger partial charge in [-0.1, -0.05) is 24.3 Å². The largest absolute Gasteiger partial charge is 0.494 e. The zero-order valence-corrected chi connectivity index (χ0v) is 26.2. The van der Waals surface area contributed by atoms with Gasteiger partial charge in [0.1, 0.15) is 11.5 Å². The molecule has 2 aromatic heterocycles. The number of carboxylic acid groups (broad SMARTS) is 1. The normalized spacial score (nSPS) is 10.4. The number of esters is 1. The van der Waals surface area contributed by atoms with Gasteiger partial charge < -0.3 is 19.3 Å². The number of aromatic carboxylic acids is 1. The molecular formula is C37H34N4O6. The average molecular weight is 631 g/mol. The van der Waals surface area contributed by atoms with Crippen LogP contribution in [0.5, 0.6) is 11.5 Å². The molecule has 10 heteroatoms. The Hall–Kier alpha value is -6.16. The number of nitrogens with one attached hydrogen (secondary N) is 2. The molecule has 0 radical (unpaired) electrons. The molecule has 0 saturated heterocycles. The third-order valence-electron chi connectivity index (χ3n) is 7.14. The molecule has 0 aliphatic heterocycles. The Morgan fingerprint density at radius 1 is 0.596 bits per heavy atom. The summed E-state index contributed by atoms with van der Waals surface area (Å²) in [5, 5.41) is 23.6. The van der Waals surface area contributed by atoms with Gasteiger partial charge in [-0.2, -0.15) is 10.2 Å². The molecular weight excluding hydrogens is 596 g/mol. The lowest BCUT2D eigenvalue weighted by Gasteiger charge is -2.03. The number of ether oxygens (including phenoxy) is 3. The van der Waals surface area contributed by atoms with Crippen LogP contribution in [0.3, 0.4) is 0 Å². The second-order valence-corrected chi connectivity index (χ2v) is 10.2. The summed E-state index contributed by atoms with van der Waals surface area (Å²) in [7, 11) is 1.37. The molecule has 0 unspecified atom stereocenters. The van der Waals surface area contributed by atoms with Gasteiger partial charge in [0.25, 0.3) is 0 Å². The quantitative estimate of drug-likeness (QED) is 0.130. The van der Waals surface area contributed by atoms with Gasteiger partial charge >= 0.3 is 11.9 Å². The molecule has 0 saturated carbocycles. The van der Waals surface area contributed by atoms with Crippen molar-refractivity contribution in [3.8, 4) is 56.5 Å². The van der Waals surface area contributed by atoms with Gasteiger partial charge in [-0.15, -0.1) is 0 Å². The smallest absolute Gasteiger partial charge is 0.337 e. The molecule has 6 rings (SSSR count). The van der Waals surface area contributed by atoms with Crippen LogP contribution in [-0.2, 0) is 4.74 Å². The number of benzene rings is 4. The molecule has 4 aromatic carbocycles. The molecule has 47 heavy (non-hydrogen) atoms. The van der Waals surface area contributed by atoms with E-state index in [1.807, 2.05) is 86.6 Å². The van der Waals surface area contributed by atoms with Gasteiger partial charge in [-0.3, -0.25) is 10.2 Å². The van der Waals surface area contributed by atoms with Crippen LogP contribution in [-0.4, -0.2) is 57.8 Å². The van der Waals surface area contributed by atoms with Crippen molar-refractivity contribution in [1.29, 1.82) is 0 Å². The summed E-state index contributed by atoms with van der Waals surface area (Å²) in [5.74, 6) is 0.393. The van der Waals surface area contributed by atoms with Crippen LogP contribution in [0.2, 0.25) is 0 Å². The van der Waals surface area contributed by atoms with E-state index in [2.05, 4.69) is 20.4 Å². The third-order valence-corrected chi connectivity index (χ3v) is 7.14. The van der Waals surface area contributed by atoms with E-state index in [0.717, 1.165) is 56.5 Å². The molecule has 0 bridgehead atoms. The van der Waals surface area contributed by atoms with Crippen LogP contribution in [0.4, 0.5) is 0 Å². The van der Waals surface area contributed by atoms with Crippen molar-refractivity contribution >= 4 is 11.9 Å². The predicted octanol–water partition coefficient (Wildman–Crippen LogP) is 7.77. The highest BCUT2D eigenvalue weighted by atomic mass is 16.5. The van der Waals surface area contributed by atoms with E-state index in [9.17, 15) is 9.59 Å². The van der Waals surface area contributed by atoms with Crippen molar-refractivity contribution in [3.05, 3.63) is 120 Å². The van der Waals surface area contributed by atoms with E-state index < -0.39 is 5.97 Å². The molecule has 0 aliphatic carbocycles. The summed E-state index contributed by atoms with van der Waals surface area (Å²) in [5.41, 5.74) is 8.02. The fraction of sp³-hybridized carbons (Fsp3) is 0.135. The number of aromatic amines is 2. The molecule has 0 aliphatic rings. The highest BCUT2D eigenvalue weighted by molar-refractivity contribution is 5.90. The maximum atomic E-state index is 11.5. The van der Waals surface area contributed by atoms with Crippen molar-refractivity contribution in [1.82, 2.24) is 20.4 Å². The van der Waals surface area contributed by atoms with Crippen molar-refractivity contribution in [2.24, 2.45) is 0 Å². The number of hydrogen-bond acceptors (Lipinski definition) is 7. The fourth-order valence-electron chi connectivity index (χ4n) is 4.71. The first-order chi connectivity index (χ1) is 22.9. The first-order valence-electron chi connectivity index (χ1n) is 15.0. The lowest BCUT2D eigenvalue weighted by atomic mass is 10.1. The second kappa shape index (κ2) is 15.2. The van der Waals surface area contributed by atoms with E-state index in [1.54, 1.807) is 36.4 Å². The monoisotopic (exact) mass is 630 g/mol. The molecule has 0 fully saturated rings. The van der Waals surface area contributed by atoms with Gasteiger partial charge in [0.15, 0.2) is 0 Å². The molecule has 10 nitrogen and oxygen atoms in total. The molecule has 3 N–H and O–H groups in total. The molecule has 2 heterocycles. The minimum atomic E-state index is -0.934. The Morgan fingerprint density at radius 2 is 0.979 bits per heavy atom. The first kappa shape index (κ1) is 32.2. The average Bonchev–Trinajstić information content (AvgIpc) is 3.81. The van der Waals surface area contributed by atoms with Crippen molar-refractivity contribution in [2.75, 3.05) is 20.3 Å². The number of nitrogens with zero attached hydrogens (tertiary/aromatic N) is 2. The zero-order chi connectivity index (χ0) is 33.2. The van der Waals surface area contributed by atoms with E-state index in [4.69, 9.17) is 19.3 Å². The van der Waals surface area contributed by atoms with E-state index in [0.29, 0.717) is 18.8 Å². The first-order valence-corrected chi connectivity index (χ1v) is 15.0. The van der Waals surface area contributed by atoms with Crippen LogP contribution in [0.1, 0.15) is 34.6 Å². The van der Waals surface area contributed by atoms with Gasteiger partial charge in [-0.05, 0) is 110 Å². The number of aromatic nitrogens is 4. The molecule has 0 spiro atoms. The second-order valence-electron chi connectivity index (χ2n) is 10.2. The third kappa shape index (κ3) is 8.12. The number of rotatable bonds is 10. The molecule has 0 amide bonds. The van der Waals surface area contributed by atoms with Gasteiger partial charge in [0.2, 0.25) is 0 Å². The van der Waals surface area contributed by atoms with E-state index in [1.165, 1.54) is 7.11 Å². The van der Waals surface area contributed by atoms with Gasteiger partial charge in [-0.25, -0.2) is 9.59 Å². The topological polar surface area (TPSA) is 139 Å².